The Morgan fingerprint density at radius 1 is 1.29 bits per heavy atom. The molecule has 1 atom stereocenters. The van der Waals surface area contributed by atoms with Crippen LogP contribution in [0.1, 0.15) is 23.3 Å². The first-order valence-electron chi connectivity index (χ1n) is 6.09. The van der Waals surface area contributed by atoms with Crippen molar-refractivity contribution in [3.05, 3.63) is 46.6 Å². The van der Waals surface area contributed by atoms with E-state index in [0.29, 0.717) is 10.9 Å². The molecule has 1 aromatic heterocycles. The first-order chi connectivity index (χ1) is 9.77. The van der Waals surface area contributed by atoms with Crippen LogP contribution in [-0.2, 0) is 6.54 Å². The summed E-state index contributed by atoms with van der Waals surface area (Å²) in [6, 6.07) is 3.81. The summed E-state index contributed by atoms with van der Waals surface area (Å²) in [6.07, 6.45) is -4.43. The molecule has 0 aliphatic heterocycles. The summed E-state index contributed by atoms with van der Waals surface area (Å²) in [5.41, 5.74) is 0.106. The Morgan fingerprint density at radius 3 is 2.38 bits per heavy atom. The minimum Gasteiger partial charge on any atom is -0.340 e. The Labute approximate surface area is 124 Å². The number of aryl methyl sites for hydroxylation is 1. The molecule has 21 heavy (non-hydrogen) atoms. The van der Waals surface area contributed by atoms with Crippen LogP contribution in [0.2, 0.25) is 5.02 Å². The molecular formula is C13H13ClF3N3O. The first kappa shape index (κ1) is 15.8. The molecule has 0 bridgehead atoms. The van der Waals surface area contributed by atoms with Crippen molar-refractivity contribution in [3.63, 3.8) is 0 Å². The van der Waals surface area contributed by atoms with Gasteiger partial charge in [0, 0.05) is 11.9 Å². The third kappa shape index (κ3) is 3.95. The fourth-order valence-corrected chi connectivity index (χ4v) is 2.18. The van der Waals surface area contributed by atoms with E-state index in [1.54, 1.807) is 6.92 Å². The second-order valence-electron chi connectivity index (χ2n) is 4.64. The Bertz CT molecular complexity index is 597. The zero-order valence-corrected chi connectivity index (χ0v) is 12.1. The summed E-state index contributed by atoms with van der Waals surface area (Å²) >= 11 is 5.72. The molecule has 1 aromatic carbocycles. The van der Waals surface area contributed by atoms with Crippen molar-refractivity contribution in [2.75, 3.05) is 7.05 Å². The molecule has 0 amide bonds. The molecule has 0 unspecified atom stereocenters. The van der Waals surface area contributed by atoms with Crippen LogP contribution >= 0.6 is 11.6 Å². The first-order valence-corrected chi connectivity index (χ1v) is 6.47. The van der Waals surface area contributed by atoms with Crippen LogP contribution in [-0.4, -0.2) is 28.3 Å². The molecule has 4 nitrogen and oxygen atoms in total. The fourth-order valence-electron chi connectivity index (χ4n) is 2.06. The van der Waals surface area contributed by atoms with Gasteiger partial charge < -0.3 is 4.52 Å². The Hall–Kier alpha value is -1.60. The number of hydrogen-bond donors (Lipinski definition) is 0. The van der Waals surface area contributed by atoms with Crippen molar-refractivity contribution in [1.29, 1.82) is 0 Å². The maximum absolute atomic E-state index is 13.3. The maximum Gasteiger partial charge on any atom is 0.408 e. The van der Waals surface area contributed by atoms with Crippen molar-refractivity contribution < 1.29 is 17.7 Å². The predicted molar refractivity (Wildman–Crippen MR) is 70.8 cm³/mol. The van der Waals surface area contributed by atoms with Gasteiger partial charge in [0.25, 0.3) is 0 Å². The third-order valence-corrected chi connectivity index (χ3v) is 3.15. The highest BCUT2D eigenvalue weighted by Crippen LogP contribution is 2.37. The molecule has 0 saturated carbocycles. The molecule has 0 aliphatic rings. The predicted octanol–water partition coefficient (Wildman–Crippen LogP) is 3.77. The van der Waals surface area contributed by atoms with E-state index >= 15 is 0 Å². The molecule has 0 N–H and O–H groups in total. The second kappa shape index (κ2) is 6.03. The number of nitrogens with zero attached hydrogens (tertiary/aromatic N) is 3. The lowest BCUT2D eigenvalue weighted by Gasteiger charge is -2.29. The van der Waals surface area contributed by atoms with E-state index in [2.05, 4.69) is 10.1 Å². The lowest BCUT2D eigenvalue weighted by atomic mass is 10.1. The van der Waals surface area contributed by atoms with Gasteiger partial charge in [-0.1, -0.05) is 28.9 Å². The summed E-state index contributed by atoms with van der Waals surface area (Å²) in [4.78, 5) is 5.03. The van der Waals surface area contributed by atoms with Gasteiger partial charge in [0.15, 0.2) is 5.82 Å². The van der Waals surface area contributed by atoms with E-state index < -0.39 is 12.2 Å². The molecule has 8 heteroatoms. The van der Waals surface area contributed by atoms with Crippen molar-refractivity contribution in [1.82, 2.24) is 15.0 Å². The van der Waals surface area contributed by atoms with Gasteiger partial charge in [-0.25, -0.2) is 0 Å². The van der Waals surface area contributed by atoms with Gasteiger partial charge in [-0.05, 0) is 24.7 Å². The van der Waals surface area contributed by atoms with Gasteiger partial charge in [-0.3, -0.25) is 4.90 Å². The van der Waals surface area contributed by atoms with Crippen molar-refractivity contribution in [3.8, 4) is 0 Å². The van der Waals surface area contributed by atoms with Gasteiger partial charge in [-0.2, -0.15) is 18.2 Å². The van der Waals surface area contributed by atoms with Gasteiger partial charge in [-0.15, -0.1) is 0 Å². The standard InChI is InChI=1S/C13H13ClF3N3O/c1-8-18-11(19-21-8)7-20(2)12(13(15,16)17)9-3-5-10(14)6-4-9/h3-6,12H,7H2,1-2H3/t12-/m1/s1. The van der Waals surface area contributed by atoms with Crippen LogP contribution in [0.5, 0.6) is 0 Å². The SMILES string of the molecule is Cc1nc(CN(C)[C@H](c2ccc(Cl)cc2)C(F)(F)F)no1. The quantitative estimate of drug-likeness (QED) is 0.860. The number of alkyl halides is 3. The average Bonchev–Trinajstić information content (AvgIpc) is 2.76. The summed E-state index contributed by atoms with van der Waals surface area (Å²) in [5, 5.41) is 4.00. The molecule has 114 valence electrons. The van der Waals surface area contributed by atoms with Crippen LogP contribution < -0.4 is 0 Å². The van der Waals surface area contributed by atoms with E-state index in [4.69, 9.17) is 16.1 Å². The van der Waals surface area contributed by atoms with Gasteiger partial charge in [0.1, 0.15) is 6.04 Å². The molecule has 0 spiro atoms. The summed E-state index contributed by atoms with van der Waals surface area (Å²) < 4.78 is 44.7. The largest absolute Gasteiger partial charge is 0.408 e. The topological polar surface area (TPSA) is 42.2 Å². The van der Waals surface area contributed by atoms with Crippen LogP contribution in [0, 0.1) is 6.92 Å². The average molecular weight is 320 g/mol. The van der Waals surface area contributed by atoms with Crippen LogP contribution in [0.15, 0.2) is 28.8 Å². The Balaban J connectivity index is 2.25. The fraction of sp³-hybridized carbons (Fsp3) is 0.385. The highest BCUT2D eigenvalue weighted by Gasteiger charge is 2.43. The van der Waals surface area contributed by atoms with E-state index in [0.717, 1.165) is 4.90 Å². The number of rotatable bonds is 4. The molecule has 2 rings (SSSR count). The monoisotopic (exact) mass is 319 g/mol. The number of aromatic nitrogens is 2. The zero-order valence-electron chi connectivity index (χ0n) is 11.4. The van der Waals surface area contributed by atoms with Gasteiger partial charge >= 0.3 is 6.18 Å². The van der Waals surface area contributed by atoms with E-state index in [-0.39, 0.29) is 17.9 Å². The van der Waals surface area contributed by atoms with E-state index in [9.17, 15) is 13.2 Å². The van der Waals surface area contributed by atoms with Crippen molar-refractivity contribution in [2.24, 2.45) is 0 Å². The summed E-state index contributed by atoms with van der Waals surface area (Å²) in [6.45, 7) is 1.50. The highest BCUT2D eigenvalue weighted by atomic mass is 35.5. The molecular weight excluding hydrogens is 307 g/mol. The van der Waals surface area contributed by atoms with E-state index in [1.807, 2.05) is 0 Å². The number of benzene rings is 1. The molecule has 0 fully saturated rings. The van der Waals surface area contributed by atoms with Crippen molar-refractivity contribution in [2.45, 2.75) is 25.7 Å². The van der Waals surface area contributed by atoms with Gasteiger partial charge in [0.05, 0.1) is 6.54 Å². The Kier molecular flexibility index (Phi) is 4.53. The lowest BCUT2D eigenvalue weighted by Crippen LogP contribution is -2.35. The van der Waals surface area contributed by atoms with Crippen LogP contribution in [0.25, 0.3) is 0 Å². The number of halogens is 4. The number of hydrogen-bond acceptors (Lipinski definition) is 4. The van der Waals surface area contributed by atoms with Crippen LogP contribution in [0.4, 0.5) is 13.2 Å². The van der Waals surface area contributed by atoms with Crippen LogP contribution in [0.3, 0.4) is 0 Å². The summed E-state index contributed by atoms with van der Waals surface area (Å²) in [5.74, 6) is 0.520. The van der Waals surface area contributed by atoms with Gasteiger partial charge in [0.2, 0.25) is 5.89 Å². The minimum absolute atomic E-state index is 0.0792. The smallest absolute Gasteiger partial charge is 0.340 e. The molecule has 2 aromatic rings. The Morgan fingerprint density at radius 2 is 1.90 bits per heavy atom. The highest BCUT2D eigenvalue weighted by molar-refractivity contribution is 6.30. The summed E-state index contributed by atoms with van der Waals surface area (Å²) in [7, 11) is 1.36. The molecule has 0 radical (unpaired) electrons. The minimum atomic E-state index is -4.43. The lowest BCUT2D eigenvalue weighted by molar-refractivity contribution is -0.184. The van der Waals surface area contributed by atoms with Crippen molar-refractivity contribution >= 4 is 11.6 Å². The molecule has 0 aliphatic carbocycles. The third-order valence-electron chi connectivity index (χ3n) is 2.90. The zero-order chi connectivity index (χ0) is 15.6. The maximum atomic E-state index is 13.3. The normalized spacial score (nSPS) is 13.7. The second-order valence-corrected chi connectivity index (χ2v) is 5.08. The molecule has 0 saturated heterocycles. The van der Waals surface area contributed by atoms with E-state index in [1.165, 1.54) is 31.3 Å². The molecule has 1 heterocycles.